The van der Waals surface area contributed by atoms with Crippen LogP contribution in [0.15, 0.2) is 65.1 Å². The highest BCUT2D eigenvalue weighted by Crippen LogP contribution is 2.49. The van der Waals surface area contributed by atoms with Gasteiger partial charge in [0, 0.05) is 41.2 Å². The molecule has 2 aromatic carbocycles. The fraction of sp³-hybridized carbons (Fsp3) is 0.387. The minimum atomic E-state index is -0.790. The predicted molar refractivity (Wildman–Crippen MR) is 150 cm³/mol. The van der Waals surface area contributed by atoms with Crippen LogP contribution in [0.1, 0.15) is 43.6 Å². The zero-order valence-corrected chi connectivity index (χ0v) is 22.5. The molecule has 2 heterocycles. The van der Waals surface area contributed by atoms with E-state index in [1.54, 1.807) is 18.8 Å². The molecule has 2 aliphatic rings. The maximum Gasteiger partial charge on any atom is 0.321 e. The Bertz CT molecular complexity index is 1300. The van der Waals surface area contributed by atoms with E-state index in [9.17, 15) is 9.90 Å². The molecule has 36 heavy (non-hydrogen) atoms. The predicted octanol–water partition coefficient (Wildman–Crippen LogP) is 6.71. The fourth-order valence-corrected chi connectivity index (χ4v) is 6.72. The fourth-order valence-electron chi connectivity index (χ4n) is 5.40. The molecule has 188 valence electrons. The van der Waals surface area contributed by atoms with Crippen LogP contribution in [0.4, 0.5) is 0 Å². The SMILES string of the molecule is CNC(CSC(Cc1c(-c2ccc(C)cc2)c(-c2ccccc2)c2n1CC(C)(C)C2)=C1CC1)C(=O)O. The van der Waals surface area contributed by atoms with E-state index in [0.29, 0.717) is 5.75 Å². The summed E-state index contributed by atoms with van der Waals surface area (Å²) in [6.07, 6.45) is 4.17. The molecule has 3 aromatic rings. The molecule has 0 spiro atoms. The van der Waals surface area contributed by atoms with Crippen molar-refractivity contribution in [3.63, 3.8) is 0 Å². The summed E-state index contributed by atoms with van der Waals surface area (Å²) in [5.41, 5.74) is 11.0. The maximum absolute atomic E-state index is 11.6. The number of hydrogen-bond acceptors (Lipinski definition) is 3. The second kappa shape index (κ2) is 9.95. The lowest BCUT2D eigenvalue weighted by molar-refractivity contribution is -0.138. The number of likely N-dealkylation sites (N-methyl/N-ethyl adjacent to an activating group) is 1. The number of aromatic nitrogens is 1. The van der Waals surface area contributed by atoms with Crippen LogP contribution in [0.2, 0.25) is 0 Å². The van der Waals surface area contributed by atoms with Crippen LogP contribution in [0.25, 0.3) is 22.3 Å². The average molecular weight is 501 g/mol. The van der Waals surface area contributed by atoms with Crippen molar-refractivity contribution in [2.45, 2.75) is 59.0 Å². The van der Waals surface area contributed by atoms with Gasteiger partial charge in [0.25, 0.3) is 0 Å². The molecule has 5 heteroatoms. The van der Waals surface area contributed by atoms with Crippen LogP contribution >= 0.6 is 11.8 Å². The van der Waals surface area contributed by atoms with Gasteiger partial charge in [0.05, 0.1) is 0 Å². The van der Waals surface area contributed by atoms with Crippen molar-refractivity contribution in [2.24, 2.45) is 5.41 Å². The summed E-state index contributed by atoms with van der Waals surface area (Å²) in [6.45, 7) is 7.87. The molecule has 0 saturated heterocycles. The van der Waals surface area contributed by atoms with Gasteiger partial charge in [-0.15, -0.1) is 11.8 Å². The van der Waals surface area contributed by atoms with E-state index < -0.39 is 12.0 Å². The van der Waals surface area contributed by atoms with Gasteiger partial charge in [-0.05, 0) is 54.7 Å². The number of rotatable bonds is 9. The van der Waals surface area contributed by atoms with Crippen LogP contribution in [0, 0.1) is 12.3 Å². The number of fused-ring (bicyclic) bond motifs is 1. The van der Waals surface area contributed by atoms with Gasteiger partial charge in [-0.25, -0.2) is 0 Å². The van der Waals surface area contributed by atoms with E-state index in [2.05, 4.69) is 85.3 Å². The highest BCUT2D eigenvalue weighted by atomic mass is 32.2. The Morgan fingerprint density at radius 2 is 1.72 bits per heavy atom. The van der Waals surface area contributed by atoms with Crippen LogP contribution in [0.5, 0.6) is 0 Å². The number of nitrogens with zero attached hydrogens (tertiary/aromatic N) is 1. The first-order valence-corrected chi connectivity index (χ1v) is 13.9. The minimum absolute atomic E-state index is 0.208. The van der Waals surface area contributed by atoms with Crippen molar-refractivity contribution >= 4 is 17.7 Å². The van der Waals surface area contributed by atoms with Crippen molar-refractivity contribution < 1.29 is 9.90 Å². The second-order valence-electron chi connectivity index (χ2n) is 11.0. The molecule has 1 fully saturated rings. The number of hydrogen-bond donors (Lipinski definition) is 2. The molecule has 2 N–H and O–H groups in total. The third-order valence-electron chi connectivity index (χ3n) is 7.41. The van der Waals surface area contributed by atoms with Crippen LogP contribution in [0.3, 0.4) is 0 Å². The van der Waals surface area contributed by atoms with E-state index in [1.807, 2.05) is 0 Å². The molecule has 1 aliphatic carbocycles. The number of aryl methyl sites for hydroxylation is 1. The van der Waals surface area contributed by atoms with Crippen molar-refractivity contribution in [1.82, 2.24) is 9.88 Å². The van der Waals surface area contributed by atoms with Crippen molar-refractivity contribution in [3.05, 3.63) is 82.0 Å². The summed E-state index contributed by atoms with van der Waals surface area (Å²) in [5.74, 6) is -0.253. The number of thioether (sulfide) groups is 1. The molecule has 1 unspecified atom stereocenters. The van der Waals surface area contributed by atoms with Gasteiger partial charge >= 0.3 is 5.97 Å². The topological polar surface area (TPSA) is 54.3 Å². The standard InChI is InChI=1S/C31H36N2O2S/c1-20-10-12-23(13-11-20)28-25(16-27(21-14-15-21)36-18-24(32-4)30(34)35)33-19-31(2,3)17-26(33)29(28)22-8-6-5-7-9-22/h5-13,24,32H,14-19H2,1-4H3,(H,34,35). The van der Waals surface area contributed by atoms with Gasteiger partial charge in [0.2, 0.25) is 0 Å². The Kier molecular flexibility index (Phi) is 6.88. The van der Waals surface area contributed by atoms with E-state index in [-0.39, 0.29) is 5.41 Å². The molecule has 1 aromatic heterocycles. The van der Waals surface area contributed by atoms with Crippen molar-refractivity contribution in [3.8, 4) is 22.3 Å². The van der Waals surface area contributed by atoms with Gasteiger partial charge in [-0.3, -0.25) is 4.79 Å². The summed E-state index contributed by atoms with van der Waals surface area (Å²) in [4.78, 5) is 13.0. The Morgan fingerprint density at radius 3 is 2.33 bits per heavy atom. The molecule has 4 nitrogen and oxygen atoms in total. The molecule has 0 amide bonds. The normalized spacial score (nSPS) is 16.6. The average Bonchev–Trinajstić information content (AvgIpc) is 3.59. The van der Waals surface area contributed by atoms with Crippen LogP contribution in [-0.2, 0) is 24.2 Å². The third-order valence-corrected chi connectivity index (χ3v) is 8.69. The highest BCUT2D eigenvalue weighted by molar-refractivity contribution is 8.03. The lowest BCUT2D eigenvalue weighted by Crippen LogP contribution is -2.36. The number of allylic oxidation sites excluding steroid dienone is 2. The third kappa shape index (κ3) is 5.05. The molecule has 1 aliphatic heterocycles. The minimum Gasteiger partial charge on any atom is -0.480 e. The van der Waals surface area contributed by atoms with Gasteiger partial charge in [0.1, 0.15) is 6.04 Å². The quantitative estimate of drug-likeness (QED) is 0.343. The van der Waals surface area contributed by atoms with Gasteiger partial charge in [0.15, 0.2) is 0 Å². The number of benzene rings is 2. The zero-order chi connectivity index (χ0) is 25.4. The Morgan fingerprint density at radius 1 is 1.06 bits per heavy atom. The second-order valence-corrected chi connectivity index (χ2v) is 12.1. The monoisotopic (exact) mass is 500 g/mol. The lowest BCUT2D eigenvalue weighted by atomic mass is 9.86. The maximum atomic E-state index is 11.6. The van der Waals surface area contributed by atoms with E-state index in [0.717, 1.165) is 32.2 Å². The van der Waals surface area contributed by atoms with Gasteiger partial charge < -0.3 is 15.0 Å². The molecule has 0 radical (unpaired) electrons. The Labute approximate surface area is 218 Å². The van der Waals surface area contributed by atoms with Crippen LogP contribution in [-0.4, -0.2) is 34.5 Å². The molecular formula is C31H36N2O2S. The molecule has 0 bridgehead atoms. The first-order valence-electron chi connectivity index (χ1n) is 12.9. The summed E-state index contributed by atoms with van der Waals surface area (Å²) >= 11 is 1.73. The number of carbonyl (C=O) groups is 1. The smallest absolute Gasteiger partial charge is 0.321 e. The zero-order valence-electron chi connectivity index (χ0n) is 21.7. The highest BCUT2D eigenvalue weighted by Gasteiger charge is 2.36. The van der Waals surface area contributed by atoms with E-state index >= 15 is 0 Å². The molecular weight excluding hydrogens is 464 g/mol. The molecule has 1 atom stereocenters. The largest absolute Gasteiger partial charge is 0.480 e. The van der Waals surface area contributed by atoms with Crippen molar-refractivity contribution in [2.75, 3.05) is 12.8 Å². The number of carboxylic acid groups (broad SMARTS) is 1. The Balaban J connectivity index is 1.64. The summed E-state index contributed by atoms with van der Waals surface area (Å²) in [6, 6.07) is 19.2. The first kappa shape index (κ1) is 24.9. The number of nitrogens with one attached hydrogen (secondary N) is 1. The van der Waals surface area contributed by atoms with E-state index in [1.165, 1.54) is 49.7 Å². The summed E-state index contributed by atoms with van der Waals surface area (Å²) < 4.78 is 2.59. The molecule has 5 rings (SSSR count). The van der Waals surface area contributed by atoms with Crippen molar-refractivity contribution in [1.29, 1.82) is 0 Å². The van der Waals surface area contributed by atoms with E-state index in [4.69, 9.17) is 0 Å². The van der Waals surface area contributed by atoms with Crippen LogP contribution < -0.4 is 5.32 Å². The first-order chi connectivity index (χ1) is 17.3. The summed E-state index contributed by atoms with van der Waals surface area (Å²) in [7, 11) is 1.73. The lowest BCUT2D eigenvalue weighted by Gasteiger charge is -2.20. The van der Waals surface area contributed by atoms with Gasteiger partial charge in [-0.1, -0.05) is 79.6 Å². The number of aliphatic carboxylic acids is 1. The summed E-state index contributed by atoms with van der Waals surface area (Å²) in [5, 5.41) is 12.5. The molecule has 1 saturated carbocycles. The number of carboxylic acids is 1. The van der Waals surface area contributed by atoms with Gasteiger partial charge in [-0.2, -0.15) is 0 Å². The Hall–Kier alpha value is -2.76.